The summed E-state index contributed by atoms with van der Waals surface area (Å²) >= 11 is 0. The van der Waals surface area contributed by atoms with Crippen molar-refractivity contribution in [1.82, 2.24) is 5.32 Å². The molecule has 0 spiro atoms. The van der Waals surface area contributed by atoms with Gasteiger partial charge in [-0.15, -0.1) is 6.58 Å². The van der Waals surface area contributed by atoms with Crippen molar-refractivity contribution < 1.29 is 34.8 Å². The molecule has 9 nitrogen and oxygen atoms in total. The van der Waals surface area contributed by atoms with Gasteiger partial charge in [-0.1, -0.05) is 19.1 Å². The number of fused-ring (bicyclic) bond motifs is 3. The van der Waals surface area contributed by atoms with Gasteiger partial charge in [0.05, 0.1) is 5.56 Å². The Balaban J connectivity index is 1.89. The Morgan fingerprint density at radius 3 is 2.59 bits per heavy atom. The molecule has 9 heteroatoms. The first-order chi connectivity index (χ1) is 16.1. The summed E-state index contributed by atoms with van der Waals surface area (Å²) in [7, 11) is 0. The van der Waals surface area contributed by atoms with Gasteiger partial charge >= 0.3 is 0 Å². The van der Waals surface area contributed by atoms with Crippen molar-refractivity contribution in [2.24, 2.45) is 17.6 Å². The average molecular weight is 469 g/mol. The van der Waals surface area contributed by atoms with Gasteiger partial charge in [0.25, 0.3) is 5.91 Å². The number of rotatable bonds is 6. The molecular weight excluding hydrogens is 440 g/mol. The monoisotopic (exact) mass is 468 g/mol. The number of ketones is 2. The number of carbonyl (C=O) groups is 3. The molecule has 3 aliphatic carbocycles. The second kappa shape index (κ2) is 8.41. The molecule has 0 unspecified atom stereocenters. The summed E-state index contributed by atoms with van der Waals surface area (Å²) in [6, 6.07) is 1.86. The number of aliphatic hydroxyl groups is 3. The van der Waals surface area contributed by atoms with Crippen molar-refractivity contribution in [3.63, 3.8) is 0 Å². The largest absolute Gasteiger partial charge is 0.508 e. The van der Waals surface area contributed by atoms with Crippen molar-refractivity contribution in [2.75, 3.05) is 6.54 Å². The Morgan fingerprint density at radius 1 is 1.26 bits per heavy atom. The van der Waals surface area contributed by atoms with Crippen molar-refractivity contribution in [3.8, 4) is 5.75 Å². The summed E-state index contributed by atoms with van der Waals surface area (Å²) in [6.45, 7) is 6.40. The first kappa shape index (κ1) is 23.7. The quantitative estimate of drug-likeness (QED) is 0.206. The molecule has 0 aromatic heterocycles. The number of aliphatic hydroxyl groups excluding tert-OH is 2. The highest BCUT2D eigenvalue weighted by molar-refractivity contribution is 6.22. The smallest absolute Gasteiger partial charge is 0.255 e. The molecule has 0 bridgehead atoms. The lowest BCUT2D eigenvalue weighted by molar-refractivity contribution is -0.147. The lowest BCUT2D eigenvalue weighted by Gasteiger charge is -2.46. The summed E-state index contributed by atoms with van der Waals surface area (Å²) in [5.74, 6) is -6.18. The Bertz CT molecular complexity index is 1200. The number of nitrogens with one attached hydrogen (secondary N) is 1. The third-order valence-electron chi connectivity index (χ3n) is 7.22. The number of aryl methyl sites for hydroxylation is 1. The minimum atomic E-state index is -2.55. The molecule has 7 N–H and O–H groups in total. The molecule has 3 aliphatic rings. The molecule has 34 heavy (non-hydrogen) atoms. The normalized spacial score (nSPS) is 26.2. The van der Waals surface area contributed by atoms with Crippen LogP contribution in [-0.2, 0) is 33.8 Å². The van der Waals surface area contributed by atoms with Crippen molar-refractivity contribution >= 4 is 23.2 Å². The zero-order valence-corrected chi connectivity index (χ0v) is 18.9. The number of hydrogen-bond acceptors (Lipinski definition) is 8. The molecule has 4 rings (SSSR count). The van der Waals surface area contributed by atoms with E-state index in [-0.39, 0.29) is 29.7 Å². The number of phenols is 1. The zero-order valence-electron chi connectivity index (χ0n) is 18.9. The molecule has 3 atom stereocenters. The Hall–Kier alpha value is -3.43. The molecule has 180 valence electrons. The Labute approximate surface area is 196 Å². The van der Waals surface area contributed by atoms with Gasteiger partial charge < -0.3 is 31.5 Å². The highest BCUT2D eigenvalue weighted by Crippen LogP contribution is 2.52. The molecule has 1 fully saturated rings. The average Bonchev–Trinajstić information content (AvgIpc) is 2.77. The lowest BCUT2D eigenvalue weighted by atomic mass is 9.59. The third kappa shape index (κ3) is 3.26. The predicted octanol–water partition coefficient (Wildman–Crippen LogP) is 1.26. The number of benzene rings is 1. The van der Waals surface area contributed by atoms with Gasteiger partial charge in [-0.2, -0.15) is 0 Å². The summed E-state index contributed by atoms with van der Waals surface area (Å²) in [4.78, 5) is 37.7. The number of aromatic hydroxyl groups is 1. The van der Waals surface area contributed by atoms with E-state index in [0.29, 0.717) is 37.1 Å². The highest BCUT2D eigenvalue weighted by atomic mass is 16.3. The second-order valence-electron chi connectivity index (χ2n) is 9.08. The van der Waals surface area contributed by atoms with E-state index in [1.807, 2.05) is 13.0 Å². The SMILES string of the molecule is C=CCNCc1cc(CC)c2c(c1O)C(O)=C1C(=O)[C@]3(O)C(O)=C(C(N)=O)C(=O)C[C@@H]3C[C@@H]1C2. The van der Waals surface area contributed by atoms with E-state index < -0.39 is 52.0 Å². The summed E-state index contributed by atoms with van der Waals surface area (Å²) in [5.41, 5.74) is 3.99. The molecular formula is C25H28N2O7. The van der Waals surface area contributed by atoms with Crippen LogP contribution in [0.2, 0.25) is 0 Å². The van der Waals surface area contributed by atoms with Crippen LogP contribution in [0, 0.1) is 11.8 Å². The first-order valence-corrected chi connectivity index (χ1v) is 11.2. The second-order valence-corrected chi connectivity index (χ2v) is 9.08. The van der Waals surface area contributed by atoms with Crippen molar-refractivity contribution in [1.29, 1.82) is 0 Å². The fraction of sp³-hybridized carbons (Fsp3) is 0.400. The van der Waals surface area contributed by atoms with Crippen LogP contribution in [0.3, 0.4) is 0 Å². The van der Waals surface area contributed by atoms with E-state index >= 15 is 0 Å². The van der Waals surface area contributed by atoms with E-state index in [1.54, 1.807) is 6.08 Å². The number of hydrogen-bond donors (Lipinski definition) is 6. The van der Waals surface area contributed by atoms with Crippen molar-refractivity contribution in [3.05, 3.63) is 57.9 Å². The summed E-state index contributed by atoms with van der Waals surface area (Å²) in [5, 5.41) is 47.3. The lowest BCUT2D eigenvalue weighted by Crippen LogP contribution is -2.58. The molecule has 1 aromatic carbocycles. The van der Waals surface area contributed by atoms with E-state index in [1.165, 1.54) is 0 Å². The van der Waals surface area contributed by atoms with Gasteiger partial charge in [-0.05, 0) is 36.3 Å². The molecule has 0 aliphatic heterocycles. The molecule has 1 aromatic rings. The fourth-order valence-electron chi connectivity index (χ4n) is 5.59. The van der Waals surface area contributed by atoms with E-state index in [2.05, 4.69) is 11.9 Å². The van der Waals surface area contributed by atoms with Gasteiger partial charge in [0.1, 0.15) is 22.8 Å². The highest BCUT2D eigenvalue weighted by Gasteiger charge is 2.60. The van der Waals surface area contributed by atoms with Gasteiger partial charge in [0.15, 0.2) is 11.4 Å². The summed E-state index contributed by atoms with van der Waals surface area (Å²) in [6.07, 6.45) is 2.40. The summed E-state index contributed by atoms with van der Waals surface area (Å²) < 4.78 is 0. The first-order valence-electron chi connectivity index (χ1n) is 11.2. The molecule has 0 radical (unpaired) electrons. The van der Waals surface area contributed by atoms with Crippen molar-refractivity contribution in [2.45, 2.75) is 44.8 Å². The Kier molecular flexibility index (Phi) is 5.87. The Morgan fingerprint density at radius 2 is 1.97 bits per heavy atom. The van der Waals surface area contributed by atoms with Crippen LogP contribution in [0.25, 0.3) is 5.76 Å². The van der Waals surface area contributed by atoms with Crippen LogP contribution < -0.4 is 11.1 Å². The van der Waals surface area contributed by atoms with Crippen LogP contribution in [0.4, 0.5) is 0 Å². The molecule has 0 heterocycles. The number of phenolic OH excluding ortho intramolecular Hbond substituents is 1. The fourth-order valence-corrected chi connectivity index (χ4v) is 5.59. The van der Waals surface area contributed by atoms with Crippen LogP contribution >= 0.6 is 0 Å². The topological polar surface area (TPSA) is 170 Å². The maximum Gasteiger partial charge on any atom is 0.255 e. The van der Waals surface area contributed by atoms with Crippen LogP contribution in [-0.4, -0.2) is 50.0 Å². The van der Waals surface area contributed by atoms with E-state index in [9.17, 15) is 34.8 Å². The van der Waals surface area contributed by atoms with E-state index in [4.69, 9.17) is 5.73 Å². The molecule has 1 saturated carbocycles. The van der Waals surface area contributed by atoms with Crippen LogP contribution in [0.15, 0.2) is 35.6 Å². The molecule has 1 amide bonds. The number of Topliss-reactive ketones (excluding diaryl/α,β-unsaturated/α-hetero) is 2. The minimum absolute atomic E-state index is 0.121. The maximum absolute atomic E-state index is 13.6. The molecule has 0 saturated heterocycles. The van der Waals surface area contributed by atoms with Gasteiger partial charge in [0.2, 0.25) is 5.78 Å². The maximum atomic E-state index is 13.6. The van der Waals surface area contributed by atoms with Crippen LogP contribution in [0.1, 0.15) is 42.0 Å². The van der Waals surface area contributed by atoms with Gasteiger partial charge in [0, 0.05) is 36.6 Å². The van der Waals surface area contributed by atoms with Crippen LogP contribution in [0.5, 0.6) is 5.75 Å². The third-order valence-corrected chi connectivity index (χ3v) is 7.22. The van der Waals surface area contributed by atoms with E-state index in [0.717, 1.165) is 5.56 Å². The predicted molar refractivity (Wildman–Crippen MR) is 123 cm³/mol. The van der Waals surface area contributed by atoms with Gasteiger partial charge in [-0.3, -0.25) is 14.4 Å². The number of amides is 1. The number of carbonyl (C=O) groups excluding carboxylic acids is 3. The minimum Gasteiger partial charge on any atom is -0.508 e. The number of primary amides is 1. The zero-order chi connectivity index (χ0) is 24.9. The standard InChI is InChI=1S/C25H28N2O7/c1-3-5-27-10-13-6-11(4-2)15-8-12-7-14-9-16(28)19(24(26)33)23(32)25(14,34)22(31)17(12)21(30)18(15)20(13)29/h3,6,12,14,27,29-30,32,34H,1,4-5,7-10H2,2H3,(H2,26,33)/t12-,14+,25+/m1/s1. The van der Waals surface area contributed by atoms with Gasteiger partial charge in [-0.25, -0.2) is 0 Å². The number of nitrogens with two attached hydrogens (primary N) is 1.